The molecule has 0 radical (unpaired) electrons. The van der Waals surface area contributed by atoms with E-state index in [-0.39, 0.29) is 0 Å². The highest BCUT2D eigenvalue weighted by molar-refractivity contribution is 6.03. The Bertz CT molecular complexity index is 2120. The van der Waals surface area contributed by atoms with Crippen molar-refractivity contribution in [1.29, 1.82) is 0 Å². The van der Waals surface area contributed by atoms with Gasteiger partial charge in [0.15, 0.2) is 24.4 Å². The molecule has 282 valence electrons. The predicted molar refractivity (Wildman–Crippen MR) is 206 cm³/mol. The molecule has 0 amide bonds. The molecule has 0 aliphatic heterocycles. The van der Waals surface area contributed by atoms with Crippen molar-refractivity contribution in [3.05, 3.63) is 133 Å². The molecule has 10 heteroatoms. The van der Waals surface area contributed by atoms with Crippen molar-refractivity contribution in [2.45, 2.75) is 59.0 Å². The Balaban J connectivity index is 1.98. The summed E-state index contributed by atoms with van der Waals surface area (Å²) in [6.07, 6.45) is -6.25. The van der Waals surface area contributed by atoms with Gasteiger partial charge in [-0.25, -0.2) is 0 Å². The lowest BCUT2D eigenvalue weighted by Crippen LogP contribution is -2.50. The van der Waals surface area contributed by atoms with E-state index in [0.29, 0.717) is 11.1 Å². The summed E-state index contributed by atoms with van der Waals surface area (Å²) in [4.78, 5) is 63.6. The Morgan fingerprint density at radius 3 is 1.27 bits per heavy atom. The van der Waals surface area contributed by atoms with Gasteiger partial charge in [-0.15, -0.1) is 0 Å². The minimum absolute atomic E-state index is 0.385. The quantitative estimate of drug-likeness (QED) is 0.0809. The standard InChI is InChI=1S/C45H42O10/c1-28(46)51-27-39(52-29(2)47)44(54-31(4)49)45(55-32(5)50)43(53-30(3)48)38-26-37(33-18-10-6-11-19-33)40(34-20-12-7-13-21-34)42(36-24-16-9-17-25-36)41(38)35-22-14-8-15-23-35/h6-26,39,43-45H,27H2,1-5H3/t39-,43+,44+,45-/m1/s1. The van der Waals surface area contributed by atoms with Crippen LogP contribution in [-0.2, 0) is 47.7 Å². The smallest absolute Gasteiger partial charge is 0.303 e. The van der Waals surface area contributed by atoms with Gasteiger partial charge >= 0.3 is 29.8 Å². The van der Waals surface area contributed by atoms with Crippen molar-refractivity contribution < 1.29 is 47.7 Å². The zero-order valence-electron chi connectivity index (χ0n) is 31.2. The molecule has 0 aromatic heterocycles. The topological polar surface area (TPSA) is 132 Å². The van der Waals surface area contributed by atoms with Crippen molar-refractivity contribution in [2.24, 2.45) is 0 Å². The van der Waals surface area contributed by atoms with E-state index in [1.54, 1.807) is 0 Å². The SMILES string of the molecule is CC(=O)OC[C@@H](OC(C)=O)[C@H](OC(C)=O)[C@H](OC(C)=O)[C@@H](OC(C)=O)c1cc(-c2ccccc2)c(-c2ccccc2)c(-c2ccccc2)c1-c1ccccc1. The lowest BCUT2D eigenvalue weighted by atomic mass is 9.78. The van der Waals surface area contributed by atoms with E-state index in [4.69, 9.17) is 23.7 Å². The van der Waals surface area contributed by atoms with Crippen molar-refractivity contribution in [1.82, 2.24) is 0 Å². The summed E-state index contributed by atoms with van der Waals surface area (Å²) < 4.78 is 28.7. The Morgan fingerprint density at radius 1 is 0.436 bits per heavy atom. The maximum atomic E-state index is 13.2. The summed E-state index contributed by atoms with van der Waals surface area (Å²) in [7, 11) is 0. The fourth-order valence-corrected chi connectivity index (χ4v) is 6.62. The molecule has 0 heterocycles. The van der Waals surface area contributed by atoms with E-state index < -0.39 is 60.9 Å². The third-order valence-corrected chi connectivity index (χ3v) is 8.59. The molecule has 0 aliphatic carbocycles. The van der Waals surface area contributed by atoms with Gasteiger partial charge < -0.3 is 23.7 Å². The van der Waals surface area contributed by atoms with E-state index >= 15 is 0 Å². The minimum Gasteiger partial charge on any atom is -0.462 e. The zero-order chi connectivity index (χ0) is 39.5. The van der Waals surface area contributed by atoms with Crippen LogP contribution in [0.25, 0.3) is 44.5 Å². The first-order chi connectivity index (χ1) is 26.4. The third-order valence-electron chi connectivity index (χ3n) is 8.59. The zero-order valence-corrected chi connectivity index (χ0v) is 31.2. The van der Waals surface area contributed by atoms with E-state index in [1.807, 2.05) is 127 Å². The normalized spacial score (nSPS) is 13.0. The Hall–Kier alpha value is -6.55. The van der Waals surface area contributed by atoms with E-state index in [2.05, 4.69) is 0 Å². The van der Waals surface area contributed by atoms with Crippen LogP contribution in [-0.4, -0.2) is 54.8 Å². The number of hydrogen-bond acceptors (Lipinski definition) is 10. The third kappa shape index (κ3) is 10.1. The Kier molecular flexibility index (Phi) is 13.3. The largest absolute Gasteiger partial charge is 0.462 e. The van der Waals surface area contributed by atoms with Gasteiger partial charge in [-0.3, -0.25) is 24.0 Å². The van der Waals surface area contributed by atoms with Gasteiger partial charge in [0.05, 0.1) is 0 Å². The van der Waals surface area contributed by atoms with Crippen LogP contribution in [0.15, 0.2) is 127 Å². The van der Waals surface area contributed by atoms with Crippen LogP contribution in [0.2, 0.25) is 0 Å². The lowest BCUT2D eigenvalue weighted by molar-refractivity contribution is -0.203. The molecule has 10 nitrogen and oxygen atoms in total. The fourth-order valence-electron chi connectivity index (χ4n) is 6.62. The van der Waals surface area contributed by atoms with Crippen molar-refractivity contribution >= 4 is 29.8 Å². The summed E-state index contributed by atoms with van der Waals surface area (Å²) in [6.45, 7) is 5.20. The number of benzene rings is 5. The Morgan fingerprint density at radius 2 is 0.836 bits per heavy atom. The summed E-state index contributed by atoms with van der Waals surface area (Å²) in [5.41, 5.74) is 6.69. The fraction of sp³-hybridized carbons (Fsp3) is 0.222. The molecule has 55 heavy (non-hydrogen) atoms. The van der Waals surface area contributed by atoms with Gasteiger partial charge in [-0.1, -0.05) is 121 Å². The molecular weight excluding hydrogens is 700 g/mol. The second-order valence-corrected chi connectivity index (χ2v) is 12.7. The number of carbonyl (C=O) groups excluding carboxylic acids is 5. The molecule has 0 spiro atoms. The van der Waals surface area contributed by atoms with Gasteiger partial charge in [-0.05, 0) is 50.6 Å². The highest BCUT2D eigenvalue weighted by Gasteiger charge is 2.46. The van der Waals surface area contributed by atoms with E-state index in [9.17, 15) is 24.0 Å². The van der Waals surface area contributed by atoms with Crippen LogP contribution < -0.4 is 0 Å². The number of ether oxygens (including phenoxy) is 5. The molecule has 0 unspecified atom stereocenters. The first kappa shape index (κ1) is 39.7. The second-order valence-electron chi connectivity index (χ2n) is 12.7. The summed E-state index contributed by atoms with van der Waals surface area (Å²) in [5.74, 6) is -3.90. The highest BCUT2D eigenvalue weighted by Crippen LogP contribution is 2.50. The maximum Gasteiger partial charge on any atom is 0.303 e. The number of rotatable bonds is 14. The molecule has 0 N–H and O–H groups in total. The minimum atomic E-state index is -1.64. The van der Waals surface area contributed by atoms with Crippen molar-refractivity contribution in [3.8, 4) is 44.5 Å². The first-order valence-electron chi connectivity index (χ1n) is 17.7. The molecule has 0 bridgehead atoms. The molecule has 5 aromatic carbocycles. The van der Waals surface area contributed by atoms with E-state index in [0.717, 1.165) is 66.6 Å². The first-order valence-corrected chi connectivity index (χ1v) is 17.7. The molecular formula is C45H42O10. The second kappa shape index (κ2) is 18.5. The van der Waals surface area contributed by atoms with Gasteiger partial charge in [0.1, 0.15) is 6.61 Å². The molecule has 5 rings (SSSR count). The molecule has 0 saturated carbocycles. The lowest BCUT2D eigenvalue weighted by Gasteiger charge is -2.37. The van der Waals surface area contributed by atoms with Gasteiger partial charge in [0, 0.05) is 40.2 Å². The van der Waals surface area contributed by atoms with E-state index in [1.165, 1.54) is 6.92 Å². The average molecular weight is 743 g/mol. The molecule has 0 fully saturated rings. The molecule has 4 atom stereocenters. The Labute approximate surface area is 320 Å². The number of carbonyl (C=O) groups is 5. The summed E-state index contributed by atoms with van der Waals surface area (Å²) in [5, 5.41) is 0. The van der Waals surface area contributed by atoms with Crippen molar-refractivity contribution in [2.75, 3.05) is 6.61 Å². The predicted octanol–water partition coefficient (Wildman–Crippen LogP) is 8.32. The number of esters is 5. The maximum absolute atomic E-state index is 13.2. The van der Waals surface area contributed by atoms with Crippen LogP contribution in [0.5, 0.6) is 0 Å². The van der Waals surface area contributed by atoms with Crippen molar-refractivity contribution in [3.63, 3.8) is 0 Å². The van der Waals surface area contributed by atoms with Crippen LogP contribution in [0.3, 0.4) is 0 Å². The molecule has 5 aromatic rings. The summed E-state index contributed by atoms with van der Waals surface area (Å²) in [6, 6.07) is 40.6. The van der Waals surface area contributed by atoms with Gasteiger partial charge in [-0.2, -0.15) is 0 Å². The van der Waals surface area contributed by atoms with Gasteiger partial charge in [0.2, 0.25) is 0 Å². The highest BCUT2D eigenvalue weighted by atomic mass is 16.6. The average Bonchev–Trinajstić information content (AvgIpc) is 3.17. The van der Waals surface area contributed by atoms with Crippen LogP contribution in [0.1, 0.15) is 46.3 Å². The van der Waals surface area contributed by atoms with Crippen LogP contribution >= 0.6 is 0 Å². The number of hydrogen-bond donors (Lipinski definition) is 0. The monoisotopic (exact) mass is 742 g/mol. The van der Waals surface area contributed by atoms with Gasteiger partial charge in [0.25, 0.3) is 0 Å². The van der Waals surface area contributed by atoms with Crippen LogP contribution in [0, 0.1) is 0 Å². The molecule has 0 aliphatic rings. The summed E-state index contributed by atoms with van der Waals surface area (Å²) >= 11 is 0. The van der Waals surface area contributed by atoms with Crippen LogP contribution in [0.4, 0.5) is 0 Å². The molecule has 0 saturated heterocycles.